The Morgan fingerprint density at radius 1 is 1.15 bits per heavy atom. The average Bonchev–Trinajstić information content (AvgIpc) is 3.27. The van der Waals surface area contributed by atoms with Crippen molar-refractivity contribution >= 4 is 49.9 Å². The number of benzene rings is 2. The molecule has 0 atom stereocenters. The summed E-state index contributed by atoms with van der Waals surface area (Å²) in [5, 5.41) is 6.48. The smallest absolute Gasteiger partial charge is 0.159 e. The lowest BCUT2D eigenvalue weighted by atomic mass is 10.0. The van der Waals surface area contributed by atoms with Crippen LogP contribution in [0.1, 0.15) is 0 Å². The van der Waals surface area contributed by atoms with E-state index < -0.39 is 0 Å². The Morgan fingerprint density at radius 3 is 2.81 bits per heavy atom. The van der Waals surface area contributed by atoms with Gasteiger partial charge in [0.1, 0.15) is 10.5 Å². The normalized spacial score (nSPS) is 15.2. The summed E-state index contributed by atoms with van der Waals surface area (Å²) in [5.41, 5.74) is 2.53. The average molecular weight is 387 g/mol. The largest absolute Gasteiger partial charge is 0.361 e. The fraction of sp³-hybridized carbons (Fsp3) is 0.211. The number of rotatable bonds is 2. The van der Waals surface area contributed by atoms with Gasteiger partial charge in [0.15, 0.2) is 5.82 Å². The molecular weight excluding hydrogens is 371 g/mol. The molecular formula is C19H16ClFN4S. The van der Waals surface area contributed by atoms with E-state index in [4.69, 9.17) is 11.6 Å². The van der Waals surface area contributed by atoms with E-state index in [1.165, 1.54) is 11.5 Å². The Morgan fingerprint density at radius 2 is 1.96 bits per heavy atom. The number of nitrogens with one attached hydrogen (secondary N) is 2. The van der Waals surface area contributed by atoms with Gasteiger partial charge in [-0.15, -0.1) is 0 Å². The molecule has 2 aromatic carbocycles. The fourth-order valence-electron chi connectivity index (χ4n) is 3.62. The van der Waals surface area contributed by atoms with Crippen LogP contribution in [0.15, 0.2) is 36.5 Å². The number of anilines is 1. The molecule has 0 bridgehead atoms. The first kappa shape index (κ1) is 16.1. The zero-order valence-electron chi connectivity index (χ0n) is 13.9. The highest BCUT2D eigenvalue weighted by atomic mass is 35.5. The van der Waals surface area contributed by atoms with Crippen LogP contribution in [0.2, 0.25) is 5.02 Å². The Labute approximate surface area is 158 Å². The van der Waals surface area contributed by atoms with Crippen molar-refractivity contribution in [2.45, 2.75) is 0 Å². The van der Waals surface area contributed by atoms with Gasteiger partial charge in [-0.1, -0.05) is 29.8 Å². The third-order valence-corrected chi connectivity index (χ3v) is 6.13. The van der Waals surface area contributed by atoms with Crippen molar-refractivity contribution in [2.24, 2.45) is 0 Å². The van der Waals surface area contributed by atoms with E-state index in [9.17, 15) is 0 Å². The minimum atomic E-state index is -0.352. The number of hydrogen-bond acceptors (Lipinski definition) is 4. The van der Waals surface area contributed by atoms with Crippen molar-refractivity contribution in [3.63, 3.8) is 0 Å². The van der Waals surface area contributed by atoms with Crippen LogP contribution in [0.4, 0.5) is 9.39 Å². The zero-order valence-corrected chi connectivity index (χ0v) is 15.4. The monoisotopic (exact) mass is 386 g/mol. The molecule has 7 heteroatoms. The summed E-state index contributed by atoms with van der Waals surface area (Å²) in [6.07, 6.45) is 1.81. The molecule has 0 saturated carbocycles. The third kappa shape index (κ3) is 2.40. The van der Waals surface area contributed by atoms with Gasteiger partial charge in [-0.25, -0.2) is 4.39 Å². The lowest BCUT2D eigenvalue weighted by Gasteiger charge is -2.28. The number of piperazine rings is 1. The number of fused-ring (bicyclic) bond motifs is 2. The van der Waals surface area contributed by atoms with Crippen molar-refractivity contribution < 1.29 is 4.39 Å². The van der Waals surface area contributed by atoms with Crippen LogP contribution in [-0.2, 0) is 0 Å². The summed E-state index contributed by atoms with van der Waals surface area (Å²) in [7, 11) is 0. The molecule has 1 aliphatic rings. The van der Waals surface area contributed by atoms with Crippen LogP contribution < -0.4 is 10.2 Å². The Bertz CT molecular complexity index is 1110. The second-order valence-electron chi connectivity index (χ2n) is 6.42. The molecule has 4 nitrogen and oxygen atoms in total. The molecule has 0 aliphatic carbocycles. The number of para-hydroxylation sites is 1. The first-order chi connectivity index (χ1) is 12.7. The van der Waals surface area contributed by atoms with Gasteiger partial charge in [-0.3, -0.25) is 0 Å². The molecule has 132 valence electrons. The summed E-state index contributed by atoms with van der Waals surface area (Å²) in [4.78, 5) is 5.44. The summed E-state index contributed by atoms with van der Waals surface area (Å²) in [6, 6.07) is 9.68. The van der Waals surface area contributed by atoms with E-state index >= 15 is 4.39 Å². The molecule has 0 spiro atoms. The maximum atomic E-state index is 15.4. The summed E-state index contributed by atoms with van der Waals surface area (Å²) < 4.78 is 19.8. The molecule has 0 radical (unpaired) electrons. The van der Waals surface area contributed by atoms with Crippen molar-refractivity contribution in [3.05, 3.63) is 47.4 Å². The number of hydrogen-bond donors (Lipinski definition) is 2. The number of aromatic amines is 1. The molecule has 5 rings (SSSR count). The molecule has 1 fully saturated rings. The van der Waals surface area contributed by atoms with Crippen LogP contribution in [0.25, 0.3) is 32.9 Å². The van der Waals surface area contributed by atoms with Gasteiger partial charge in [0.2, 0.25) is 0 Å². The van der Waals surface area contributed by atoms with E-state index in [-0.39, 0.29) is 5.82 Å². The first-order valence-corrected chi connectivity index (χ1v) is 9.68. The van der Waals surface area contributed by atoms with Gasteiger partial charge in [0.25, 0.3) is 0 Å². The van der Waals surface area contributed by atoms with Crippen LogP contribution in [-0.4, -0.2) is 35.5 Å². The van der Waals surface area contributed by atoms with E-state index in [2.05, 4.69) is 19.6 Å². The predicted molar refractivity (Wildman–Crippen MR) is 107 cm³/mol. The van der Waals surface area contributed by atoms with Gasteiger partial charge < -0.3 is 15.2 Å². The Balaban J connectivity index is 1.70. The molecule has 26 heavy (non-hydrogen) atoms. The summed E-state index contributed by atoms with van der Waals surface area (Å²) >= 11 is 7.90. The Kier molecular flexibility index (Phi) is 3.85. The van der Waals surface area contributed by atoms with Crippen LogP contribution in [0.3, 0.4) is 0 Å². The lowest BCUT2D eigenvalue weighted by Crippen LogP contribution is -2.43. The zero-order chi connectivity index (χ0) is 17.7. The minimum absolute atomic E-state index is 0.352. The summed E-state index contributed by atoms with van der Waals surface area (Å²) in [5.74, 6) is -0.352. The number of halogens is 2. The molecule has 1 saturated heterocycles. The molecule has 2 N–H and O–H groups in total. The quantitative estimate of drug-likeness (QED) is 0.527. The van der Waals surface area contributed by atoms with Crippen LogP contribution in [0.5, 0.6) is 0 Å². The van der Waals surface area contributed by atoms with E-state index in [0.29, 0.717) is 16.1 Å². The lowest BCUT2D eigenvalue weighted by molar-refractivity contribution is 0.592. The van der Waals surface area contributed by atoms with E-state index in [1.807, 2.05) is 36.5 Å². The van der Waals surface area contributed by atoms with E-state index in [1.54, 1.807) is 0 Å². The van der Waals surface area contributed by atoms with Gasteiger partial charge in [-0.2, -0.15) is 4.37 Å². The Hall–Kier alpha value is -2.15. The SMILES string of the molecule is Fc1c(-c2c[nH]c3ccccc23)c(Cl)cc2c(N3CCNCC3)snc12. The van der Waals surface area contributed by atoms with Crippen molar-refractivity contribution in [3.8, 4) is 11.1 Å². The van der Waals surface area contributed by atoms with Crippen LogP contribution in [0, 0.1) is 5.82 Å². The minimum Gasteiger partial charge on any atom is -0.361 e. The second kappa shape index (κ2) is 6.23. The van der Waals surface area contributed by atoms with Gasteiger partial charge >= 0.3 is 0 Å². The maximum Gasteiger partial charge on any atom is 0.159 e. The van der Waals surface area contributed by atoms with Crippen molar-refractivity contribution in [1.29, 1.82) is 0 Å². The molecule has 1 aliphatic heterocycles. The van der Waals surface area contributed by atoms with Gasteiger partial charge in [-0.05, 0) is 23.7 Å². The third-order valence-electron chi connectivity index (χ3n) is 4.91. The highest BCUT2D eigenvalue weighted by Gasteiger charge is 2.23. The number of aromatic nitrogens is 2. The van der Waals surface area contributed by atoms with Gasteiger partial charge in [0, 0.05) is 59.8 Å². The highest BCUT2D eigenvalue weighted by molar-refractivity contribution is 7.11. The topological polar surface area (TPSA) is 44.0 Å². The van der Waals surface area contributed by atoms with Crippen LogP contribution >= 0.6 is 23.1 Å². The number of H-pyrrole nitrogens is 1. The molecule has 3 heterocycles. The van der Waals surface area contributed by atoms with E-state index in [0.717, 1.165) is 53.0 Å². The molecule has 2 aromatic heterocycles. The standard InChI is InChI=1S/C19H16ClFN4S/c20-14-9-12-18(24-26-19(12)25-7-5-22-6-8-25)17(21)16(14)13-10-23-15-4-2-1-3-11(13)15/h1-4,9-10,22-23H,5-8H2. The molecule has 0 amide bonds. The highest BCUT2D eigenvalue weighted by Crippen LogP contribution is 2.42. The first-order valence-electron chi connectivity index (χ1n) is 8.53. The van der Waals surface area contributed by atoms with Gasteiger partial charge in [0.05, 0.1) is 5.02 Å². The second-order valence-corrected chi connectivity index (χ2v) is 7.58. The van der Waals surface area contributed by atoms with Crippen molar-refractivity contribution in [1.82, 2.24) is 14.7 Å². The molecule has 4 aromatic rings. The predicted octanol–water partition coefficient (Wildman–Crippen LogP) is 4.65. The fourth-order valence-corrected chi connectivity index (χ4v) is 4.82. The molecule has 0 unspecified atom stereocenters. The maximum absolute atomic E-state index is 15.4. The summed E-state index contributed by atoms with van der Waals surface area (Å²) in [6.45, 7) is 3.62. The van der Waals surface area contributed by atoms with Crippen molar-refractivity contribution in [2.75, 3.05) is 31.1 Å². The number of nitrogens with zero attached hydrogens (tertiary/aromatic N) is 2.